The van der Waals surface area contributed by atoms with E-state index in [1.165, 1.54) is 0 Å². The highest BCUT2D eigenvalue weighted by molar-refractivity contribution is 5.79. The number of aliphatic hydroxyl groups excluding tert-OH is 1. The molecule has 1 fully saturated rings. The number of amides is 1. The largest absolute Gasteiger partial charge is 0.392 e. The molecule has 1 saturated carbocycles. The molecule has 2 atom stereocenters. The molecule has 19 heavy (non-hydrogen) atoms. The molecule has 1 heterocycles. The van der Waals surface area contributed by atoms with Crippen LogP contribution in [-0.2, 0) is 11.3 Å². The molecule has 0 spiro atoms. The SMILES string of the molecule is CN(C)c1cccc(CNC(=O)C2CCCC2O)n1. The minimum absolute atomic E-state index is 0.0675. The third kappa shape index (κ3) is 3.44. The van der Waals surface area contributed by atoms with E-state index < -0.39 is 6.10 Å². The van der Waals surface area contributed by atoms with Crippen molar-refractivity contribution in [3.8, 4) is 0 Å². The van der Waals surface area contributed by atoms with Gasteiger partial charge in [-0.05, 0) is 31.4 Å². The average Bonchev–Trinajstić information content (AvgIpc) is 2.82. The lowest BCUT2D eigenvalue weighted by Crippen LogP contribution is -2.34. The Morgan fingerprint density at radius 1 is 1.47 bits per heavy atom. The van der Waals surface area contributed by atoms with Crippen LogP contribution in [-0.4, -0.2) is 36.2 Å². The van der Waals surface area contributed by atoms with Gasteiger partial charge in [0.25, 0.3) is 0 Å². The summed E-state index contributed by atoms with van der Waals surface area (Å²) in [6, 6.07) is 5.73. The Morgan fingerprint density at radius 3 is 2.89 bits per heavy atom. The predicted molar refractivity (Wildman–Crippen MR) is 73.8 cm³/mol. The lowest BCUT2D eigenvalue weighted by atomic mass is 10.1. The van der Waals surface area contributed by atoms with Crippen molar-refractivity contribution < 1.29 is 9.90 Å². The summed E-state index contributed by atoms with van der Waals surface area (Å²) in [6.07, 6.45) is 1.94. The van der Waals surface area contributed by atoms with Crippen molar-refractivity contribution in [3.05, 3.63) is 23.9 Å². The van der Waals surface area contributed by atoms with Gasteiger partial charge in [0.15, 0.2) is 0 Å². The van der Waals surface area contributed by atoms with Gasteiger partial charge in [0.2, 0.25) is 5.91 Å². The fourth-order valence-electron chi connectivity index (χ4n) is 2.37. The Kier molecular flexibility index (Phi) is 4.37. The van der Waals surface area contributed by atoms with E-state index in [-0.39, 0.29) is 11.8 Å². The molecule has 2 rings (SSSR count). The Balaban J connectivity index is 1.91. The molecule has 2 N–H and O–H groups in total. The minimum Gasteiger partial charge on any atom is -0.392 e. The van der Waals surface area contributed by atoms with Crippen LogP contribution in [0.25, 0.3) is 0 Å². The molecule has 0 radical (unpaired) electrons. The predicted octanol–water partition coefficient (Wildman–Crippen LogP) is 0.925. The molecule has 0 aliphatic heterocycles. The highest BCUT2D eigenvalue weighted by Gasteiger charge is 2.31. The molecule has 1 aromatic rings. The molecule has 2 unspecified atom stereocenters. The normalized spacial score (nSPS) is 22.3. The number of carbonyl (C=O) groups excluding carboxylic acids is 1. The molecule has 5 heteroatoms. The van der Waals surface area contributed by atoms with Crippen molar-refractivity contribution in [1.82, 2.24) is 10.3 Å². The van der Waals surface area contributed by atoms with E-state index >= 15 is 0 Å². The Hall–Kier alpha value is -1.62. The molecule has 1 amide bonds. The summed E-state index contributed by atoms with van der Waals surface area (Å²) in [4.78, 5) is 18.3. The summed E-state index contributed by atoms with van der Waals surface area (Å²) in [5.41, 5.74) is 0.826. The summed E-state index contributed by atoms with van der Waals surface area (Å²) in [7, 11) is 3.86. The van der Waals surface area contributed by atoms with Gasteiger partial charge >= 0.3 is 0 Å². The summed E-state index contributed by atoms with van der Waals surface area (Å²) >= 11 is 0. The van der Waals surface area contributed by atoms with E-state index in [0.29, 0.717) is 6.54 Å². The second-order valence-electron chi connectivity index (χ2n) is 5.20. The maximum Gasteiger partial charge on any atom is 0.226 e. The van der Waals surface area contributed by atoms with Gasteiger partial charge in [-0.3, -0.25) is 4.79 Å². The second-order valence-corrected chi connectivity index (χ2v) is 5.20. The zero-order chi connectivity index (χ0) is 13.8. The van der Waals surface area contributed by atoms with Crippen LogP contribution < -0.4 is 10.2 Å². The molecule has 5 nitrogen and oxygen atoms in total. The Labute approximate surface area is 113 Å². The van der Waals surface area contributed by atoms with Gasteiger partial charge in [-0.15, -0.1) is 0 Å². The zero-order valence-corrected chi connectivity index (χ0v) is 11.5. The number of aliphatic hydroxyl groups is 1. The second kappa shape index (κ2) is 6.02. The van der Waals surface area contributed by atoms with Gasteiger partial charge in [0, 0.05) is 14.1 Å². The van der Waals surface area contributed by atoms with E-state index in [4.69, 9.17) is 0 Å². The maximum absolute atomic E-state index is 11.9. The van der Waals surface area contributed by atoms with E-state index in [1.807, 2.05) is 37.2 Å². The molecule has 0 bridgehead atoms. The highest BCUT2D eigenvalue weighted by Crippen LogP contribution is 2.25. The summed E-state index contributed by atoms with van der Waals surface area (Å²) in [5, 5.41) is 12.5. The van der Waals surface area contributed by atoms with E-state index in [1.54, 1.807) is 0 Å². The van der Waals surface area contributed by atoms with Crippen LogP contribution in [0.15, 0.2) is 18.2 Å². The average molecular weight is 263 g/mol. The fourth-order valence-corrected chi connectivity index (χ4v) is 2.37. The van der Waals surface area contributed by atoms with Crippen molar-refractivity contribution in [1.29, 1.82) is 0 Å². The molecule has 104 valence electrons. The van der Waals surface area contributed by atoms with Crippen molar-refractivity contribution >= 4 is 11.7 Å². The molecule has 1 aromatic heterocycles. The van der Waals surface area contributed by atoms with Crippen molar-refractivity contribution in [2.75, 3.05) is 19.0 Å². The summed E-state index contributed by atoms with van der Waals surface area (Å²) < 4.78 is 0. The molecular formula is C14H21N3O2. The number of hydrogen-bond acceptors (Lipinski definition) is 4. The van der Waals surface area contributed by atoms with E-state index in [0.717, 1.165) is 30.8 Å². The van der Waals surface area contributed by atoms with Gasteiger partial charge < -0.3 is 15.3 Å². The Morgan fingerprint density at radius 2 is 2.26 bits per heavy atom. The van der Waals surface area contributed by atoms with Gasteiger partial charge in [0.1, 0.15) is 5.82 Å². The standard InChI is InChI=1S/C14H21N3O2/c1-17(2)13-8-3-5-10(16-13)9-15-14(19)11-6-4-7-12(11)18/h3,5,8,11-12,18H,4,6-7,9H2,1-2H3,(H,15,19). The third-order valence-electron chi connectivity index (χ3n) is 3.51. The van der Waals surface area contributed by atoms with E-state index in [9.17, 15) is 9.90 Å². The highest BCUT2D eigenvalue weighted by atomic mass is 16.3. The Bertz CT molecular complexity index is 448. The first-order valence-electron chi connectivity index (χ1n) is 6.67. The number of pyridine rings is 1. The first-order chi connectivity index (χ1) is 9.08. The van der Waals surface area contributed by atoms with Crippen LogP contribution in [0.2, 0.25) is 0 Å². The summed E-state index contributed by atoms with van der Waals surface area (Å²) in [5.74, 6) is 0.548. The molecule has 1 aliphatic carbocycles. The smallest absolute Gasteiger partial charge is 0.226 e. The fraction of sp³-hybridized carbons (Fsp3) is 0.571. The zero-order valence-electron chi connectivity index (χ0n) is 11.5. The van der Waals surface area contributed by atoms with Crippen LogP contribution >= 0.6 is 0 Å². The number of rotatable bonds is 4. The van der Waals surface area contributed by atoms with Crippen LogP contribution in [0.4, 0.5) is 5.82 Å². The van der Waals surface area contributed by atoms with Gasteiger partial charge in [0.05, 0.1) is 24.3 Å². The molecule has 0 saturated heterocycles. The number of anilines is 1. The number of nitrogens with one attached hydrogen (secondary N) is 1. The van der Waals surface area contributed by atoms with Gasteiger partial charge in [-0.2, -0.15) is 0 Å². The monoisotopic (exact) mass is 263 g/mol. The number of carbonyl (C=O) groups is 1. The maximum atomic E-state index is 11.9. The van der Waals surface area contributed by atoms with Gasteiger partial charge in [-0.1, -0.05) is 6.07 Å². The quantitative estimate of drug-likeness (QED) is 0.848. The van der Waals surface area contributed by atoms with Crippen LogP contribution in [0.1, 0.15) is 25.0 Å². The number of aromatic nitrogens is 1. The topological polar surface area (TPSA) is 65.5 Å². The first kappa shape index (κ1) is 13.8. The molecular weight excluding hydrogens is 242 g/mol. The third-order valence-corrected chi connectivity index (χ3v) is 3.51. The van der Waals surface area contributed by atoms with E-state index in [2.05, 4.69) is 10.3 Å². The first-order valence-corrected chi connectivity index (χ1v) is 6.67. The lowest BCUT2D eigenvalue weighted by molar-refractivity contribution is -0.127. The number of hydrogen-bond donors (Lipinski definition) is 2. The van der Waals surface area contributed by atoms with Crippen LogP contribution in [0, 0.1) is 5.92 Å². The van der Waals surface area contributed by atoms with Crippen molar-refractivity contribution in [2.45, 2.75) is 31.9 Å². The van der Waals surface area contributed by atoms with Gasteiger partial charge in [-0.25, -0.2) is 4.98 Å². The lowest BCUT2D eigenvalue weighted by Gasteiger charge is -2.15. The minimum atomic E-state index is -0.485. The van der Waals surface area contributed by atoms with Crippen LogP contribution in [0.3, 0.4) is 0 Å². The van der Waals surface area contributed by atoms with Crippen molar-refractivity contribution in [3.63, 3.8) is 0 Å². The summed E-state index contributed by atoms with van der Waals surface area (Å²) in [6.45, 7) is 0.406. The molecule has 1 aliphatic rings. The van der Waals surface area contributed by atoms with Crippen LogP contribution in [0.5, 0.6) is 0 Å². The van der Waals surface area contributed by atoms with Crippen molar-refractivity contribution in [2.24, 2.45) is 5.92 Å². The molecule has 0 aromatic carbocycles. The number of nitrogens with zero attached hydrogens (tertiary/aromatic N) is 2.